The maximum atomic E-state index is 13.3. The van der Waals surface area contributed by atoms with Crippen molar-refractivity contribution in [3.63, 3.8) is 0 Å². The summed E-state index contributed by atoms with van der Waals surface area (Å²) in [5.74, 6) is 3.14. The summed E-state index contributed by atoms with van der Waals surface area (Å²) in [5.41, 5.74) is 2.04. The van der Waals surface area contributed by atoms with Crippen LogP contribution in [0.4, 0.5) is 5.82 Å². The molecule has 3 aromatic rings. The minimum atomic E-state index is 0.157. The fraction of sp³-hybridized carbons (Fsp3) is 0.409. The number of aromatic nitrogens is 2. The van der Waals surface area contributed by atoms with Crippen LogP contribution in [0, 0.1) is 12.8 Å². The predicted octanol–water partition coefficient (Wildman–Crippen LogP) is 3.97. The number of rotatable bonds is 4. The van der Waals surface area contributed by atoms with Gasteiger partial charge in [0.15, 0.2) is 11.5 Å². The van der Waals surface area contributed by atoms with Crippen LogP contribution in [0.3, 0.4) is 0 Å². The molecule has 1 saturated carbocycles. The zero-order chi connectivity index (χ0) is 20.2. The normalized spacial score (nSPS) is 21.6. The molecular formula is C22H22N4O3S. The lowest BCUT2D eigenvalue weighted by molar-refractivity contribution is 0.0708. The van der Waals surface area contributed by atoms with Crippen molar-refractivity contribution < 1.29 is 14.3 Å². The highest BCUT2D eigenvalue weighted by molar-refractivity contribution is 7.20. The summed E-state index contributed by atoms with van der Waals surface area (Å²) in [6, 6.07) is 6.33. The maximum Gasteiger partial charge on any atom is 0.264 e. The van der Waals surface area contributed by atoms with Crippen molar-refractivity contribution in [3.8, 4) is 11.5 Å². The van der Waals surface area contributed by atoms with E-state index >= 15 is 0 Å². The van der Waals surface area contributed by atoms with E-state index in [2.05, 4.69) is 20.2 Å². The van der Waals surface area contributed by atoms with Crippen LogP contribution in [0.15, 0.2) is 24.5 Å². The summed E-state index contributed by atoms with van der Waals surface area (Å²) in [7, 11) is 0. The fourth-order valence-electron chi connectivity index (χ4n) is 4.95. The summed E-state index contributed by atoms with van der Waals surface area (Å²) in [6.07, 6.45) is 5.13. The lowest BCUT2D eigenvalue weighted by atomic mass is 10.1. The smallest absolute Gasteiger partial charge is 0.264 e. The third-order valence-corrected chi connectivity index (χ3v) is 7.68. The van der Waals surface area contributed by atoms with Crippen LogP contribution >= 0.6 is 11.3 Å². The third-order valence-electron chi connectivity index (χ3n) is 6.49. The lowest BCUT2D eigenvalue weighted by Crippen LogP contribution is -2.37. The summed E-state index contributed by atoms with van der Waals surface area (Å²) in [5, 5.41) is 4.36. The first kappa shape index (κ1) is 17.9. The maximum absolute atomic E-state index is 13.3. The molecule has 2 fully saturated rings. The molecule has 30 heavy (non-hydrogen) atoms. The molecule has 1 aliphatic carbocycles. The molecule has 4 heterocycles. The van der Waals surface area contributed by atoms with Gasteiger partial charge >= 0.3 is 0 Å². The van der Waals surface area contributed by atoms with Gasteiger partial charge in [0.1, 0.15) is 17.0 Å². The van der Waals surface area contributed by atoms with Crippen LogP contribution in [0.2, 0.25) is 0 Å². The Bertz CT molecular complexity index is 1160. The highest BCUT2D eigenvalue weighted by atomic mass is 32.1. The van der Waals surface area contributed by atoms with Gasteiger partial charge in [-0.3, -0.25) is 4.79 Å². The highest BCUT2D eigenvalue weighted by Crippen LogP contribution is 2.41. The quantitative estimate of drug-likeness (QED) is 0.686. The Balaban J connectivity index is 1.28. The first-order chi connectivity index (χ1) is 14.7. The molecule has 1 N–H and O–H groups in total. The van der Waals surface area contributed by atoms with E-state index in [0.717, 1.165) is 62.9 Å². The van der Waals surface area contributed by atoms with Crippen molar-refractivity contribution in [3.05, 3.63) is 40.5 Å². The summed E-state index contributed by atoms with van der Waals surface area (Å²) in [4.78, 5) is 25.9. The topological polar surface area (TPSA) is 76.6 Å². The number of hydrogen-bond donors (Lipinski definition) is 1. The van der Waals surface area contributed by atoms with Gasteiger partial charge in [-0.05, 0) is 55.4 Å². The second kappa shape index (κ2) is 6.84. The van der Waals surface area contributed by atoms with Gasteiger partial charge in [-0.25, -0.2) is 9.97 Å². The molecule has 0 spiro atoms. The van der Waals surface area contributed by atoms with Crippen LogP contribution in [0.25, 0.3) is 10.2 Å². The van der Waals surface area contributed by atoms with Gasteiger partial charge < -0.3 is 19.7 Å². The molecule has 1 aromatic carbocycles. The van der Waals surface area contributed by atoms with E-state index in [1.54, 1.807) is 6.33 Å². The number of carbonyl (C=O) groups is 1. The molecule has 7 nitrogen and oxygen atoms in total. The van der Waals surface area contributed by atoms with Gasteiger partial charge in [0.2, 0.25) is 6.79 Å². The van der Waals surface area contributed by atoms with Crippen molar-refractivity contribution in [2.45, 2.75) is 38.8 Å². The molecule has 0 radical (unpaired) electrons. The highest BCUT2D eigenvalue weighted by Gasteiger charge is 2.41. The van der Waals surface area contributed by atoms with Crippen LogP contribution in [-0.4, -0.2) is 40.2 Å². The number of anilines is 1. The number of hydrogen-bond acceptors (Lipinski definition) is 7. The number of ether oxygens (including phenoxy) is 2. The van der Waals surface area contributed by atoms with Gasteiger partial charge in [0.25, 0.3) is 5.91 Å². The first-order valence-electron chi connectivity index (χ1n) is 10.3. The number of nitrogens with zero attached hydrogens (tertiary/aromatic N) is 3. The molecule has 1 saturated heterocycles. The second-order valence-electron chi connectivity index (χ2n) is 8.29. The number of benzene rings is 1. The summed E-state index contributed by atoms with van der Waals surface area (Å²) >= 11 is 1.48. The lowest BCUT2D eigenvalue weighted by Gasteiger charge is -2.26. The number of piperidine rings is 1. The summed E-state index contributed by atoms with van der Waals surface area (Å²) in [6.45, 7) is 3.77. The molecule has 8 heteroatoms. The van der Waals surface area contributed by atoms with Gasteiger partial charge in [0, 0.05) is 19.1 Å². The molecule has 2 aliphatic heterocycles. The number of nitrogens with one attached hydrogen (secondary N) is 1. The van der Waals surface area contributed by atoms with Crippen molar-refractivity contribution in [2.24, 2.45) is 5.92 Å². The van der Waals surface area contributed by atoms with Crippen molar-refractivity contribution in [1.29, 1.82) is 0 Å². The van der Waals surface area contributed by atoms with Crippen molar-refractivity contribution in [2.75, 3.05) is 18.7 Å². The Hall–Kier alpha value is -2.87. The molecule has 6 rings (SSSR count). The Kier molecular flexibility index (Phi) is 4.09. The number of fused-ring (bicyclic) bond motifs is 4. The Morgan fingerprint density at radius 1 is 1.27 bits per heavy atom. The van der Waals surface area contributed by atoms with E-state index in [-0.39, 0.29) is 12.7 Å². The van der Waals surface area contributed by atoms with Crippen LogP contribution < -0.4 is 14.8 Å². The van der Waals surface area contributed by atoms with Crippen LogP contribution in [0.5, 0.6) is 11.5 Å². The van der Waals surface area contributed by atoms with Crippen LogP contribution in [-0.2, 0) is 6.54 Å². The monoisotopic (exact) mass is 422 g/mol. The third kappa shape index (κ3) is 2.81. The number of thiophene rings is 1. The molecule has 2 aromatic heterocycles. The van der Waals surface area contributed by atoms with Gasteiger partial charge in [-0.2, -0.15) is 0 Å². The number of amides is 1. The number of carbonyl (C=O) groups excluding carboxylic acids is 1. The van der Waals surface area contributed by atoms with E-state index < -0.39 is 0 Å². The van der Waals surface area contributed by atoms with Gasteiger partial charge in [-0.15, -0.1) is 11.3 Å². The van der Waals surface area contributed by atoms with Gasteiger partial charge in [0.05, 0.1) is 10.3 Å². The minimum absolute atomic E-state index is 0.157. The molecular weight excluding hydrogens is 400 g/mol. The SMILES string of the molecule is Cc1c(C(=O)N2CC3CCC2C3)sc2ncnc(NCc3ccc4c(c3)OCO4)c12. The van der Waals surface area contributed by atoms with E-state index in [9.17, 15) is 4.79 Å². The number of likely N-dealkylation sites (tertiary alicyclic amines) is 1. The average Bonchev–Trinajstić information content (AvgIpc) is 3.55. The Morgan fingerprint density at radius 3 is 3.00 bits per heavy atom. The van der Waals surface area contributed by atoms with E-state index in [1.807, 2.05) is 25.1 Å². The van der Waals surface area contributed by atoms with Crippen LogP contribution in [0.1, 0.15) is 40.1 Å². The number of aryl methyl sites for hydroxylation is 1. The molecule has 1 amide bonds. The Morgan fingerprint density at radius 2 is 2.17 bits per heavy atom. The van der Waals surface area contributed by atoms with E-state index in [0.29, 0.717) is 18.5 Å². The average molecular weight is 423 g/mol. The second-order valence-corrected chi connectivity index (χ2v) is 9.29. The molecule has 2 unspecified atom stereocenters. The van der Waals surface area contributed by atoms with Gasteiger partial charge in [-0.1, -0.05) is 6.07 Å². The van der Waals surface area contributed by atoms with Crippen molar-refractivity contribution in [1.82, 2.24) is 14.9 Å². The molecule has 2 bridgehead atoms. The largest absolute Gasteiger partial charge is 0.454 e. The summed E-state index contributed by atoms with van der Waals surface area (Å²) < 4.78 is 10.8. The predicted molar refractivity (Wildman–Crippen MR) is 114 cm³/mol. The fourth-order valence-corrected chi connectivity index (χ4v) is 6.05. The van der Waals surface area contributed by atoms with E-state index in [1.165, 1.54) is 17.8 Å². The molecule has 3 aliphatic rings. The van der Waals surface area contributed by atoms with Crippen molar-refractivity contribution >= 4 is 33.3 Å². The molecule has 2 atom stereocenters. The zero-order valence-corrected chi connectivity index (χ0v) is 17.5. The van der Waals surface area contributed by atoms with E-state index in [4.69, 9.17) is 9.47 Å². The first-order valence-corrected chi connectivity index (χ1v) is 11.2. The Labute approximate surface area is 178 Å². The zero-order valence-electron chi connectivity index (χ0n) is 16.7. The minimum Gasteiger partial charge on any atom is -0.454 e. The molecule has 154 valence electrons. The standard InChI is InChI=1S/C22H22N4O3S/c1-12-18-20(23-8-13-3-5-16-17(7-13)29-11-28-16)24-10-25-21(18)30-19(12)22(27)26-9-14-2-4-15(26)6-14/h3,5,7,10,14-15H,2,4,6,8-9,11H2,1H3,(H,23,24,25).